The summed E-state index contributed by atoms with van der Waals surface area (Å²) < 4.78 is 12.1. The number of hydrogen-bond acceptors (Lipinski definition) is 6. The molecule has 2 bridgehead atoms. The van der Waals surface area contributed by atoms with Crippen molar-refractivity contribution in [3.05, 3.63) is 48.6 Å². The summed E-state index contributed by atoms with van der Waals surface area (Å²) in [6, 6.07) is 3.72. The minimum atomic E-state index is -1.06. The number of benzene rings is 1. The van der Waals surface area contributed by atoms with Crippen molar-refractivity contribution < 1.29 is 24.2 Å². The lowest BCUT2D eigenvalue weighted by Gasteiger charge is -2.62. The fourth-order valence-electron chi connectivity index (χ4n) is 7.31. The number of piperidine rings is 1. The third-order valence-corrected chi connectivity index (χ3v) is 8.98. The van der Waals surface area contributed by atoms with Gasteiger partial charge in [0.15, 0.2) is 23.4 Å². The first kappa shape index (κ1) is 25.2. The Labute approximate surface area is 214 Å². The highest BCUT2D eigenvalue weighted by atomic mass is 16.6. The molecule has 36 heavy (non-hydrogen) atoms. The summed E-state index contributed by atoms with van der Waals surface area (Å²) in [4.78, 5) is 28.1. The molecule has 4 aliphatic rings. The summed E-state index contributed by atoms with van der Waals surface area (Å²) in [5.41, 5.74) is 0.158. The highest BCUT2D eigenvalue weighted by Gasteiger charge is 2.73. The molecule has 1 spiro atoms. The summed E-state index contributed by atoms with van der Waals surface area (Å²) in [7, 11) is 0. The molecule has 2 heterocycles. The zero-order chi connectivity index (χ0) is 25.3. The van der Waals surface area contributed by atoms with E-state index in [2.05, 4.69) is 18.1 Å². The second-order valence-electron chi connectivity index (χ2n) is 11.0. The Morgan fingerprint density at radius 1 is 1.14 bits per heavy atom. The largest absolute Gasteiger partial charge is 0.477 e. The molecule has 2 aliphatic heterocycles. The maximum absolute atomic E-state index is 13.1. The van der Waals surface area contributed by atoms with E-state index in [1.54, 1.807) is 0 Å². The van der Waals surface area contributed by atoms with Crippen LogP contribution in [0.3, 0.4) is 0 Å². The minimum Gasteiger partial charge on any atom is -0.477 e. The third kappa shape index (κ3) is 3.93. The molecule has 6 nitrogen and oxygen atoms in total. The van der Waals surface area contributed by atoms with Crippen LogP contribution in [-0.4, -0.2) is 52.6 Å². The van der Waals surface area contributed by atoms with E-state index in [0.717, 1.165) is 43.4 Å². The van der Waals surface area contributed by atoms with Crippen molar-refractivity contribution in [2.45, 2.75) is 100 Å². The van der Waals surface area contributed by atoms with Gasteiger partial charge in [-0.15, -0.1) is 13.2 Å². The second kappa shape index (κ2) is 10.1. The van der Waals surface area contributed by atoms with Gasteiger partial charge in [-0.2, -0.15) is 0 Å². The zero-order valence-electron chi connectivity index (χ0n) is 21.3. The van der Waals surface area contributed by atoms with E-state index in [9.17, 15) is 14.7 Å². The molecule has 1 saturated heterocycles. The molecule has 0 radical (unpaired) electrons. The minimum absolute atomic E-state index is 0.0324. The predicted octanol–water partition coefficient (Wildman–Crippen LogP) is 4.81. The maximum Gasteiger partial charge on any atom is 0.311 e. The number of carbonyl (C=O) groups is 2. The monoisotopic (exact) mass is 493 g/mol. The Morgan fingerprint density at radius 2 is 1.92 bits per heavy atom. The molecule has 0 aromatic heterocycles. The lowest BCUT2D eigenvalue weighted by molar-refractivity contribution is -0.187. The normalized spacial score (nSPS) is 29.9. The van der Waals surface area contributed by atoms with Gasteiger partial charge in [0.25, 0.3) is 0 Å². The smallest absolute Gasteiger partial charge is 0.311 e. The number of Topliss-reactive ketones (excluding diaryl/α,β-unsaturated/α-hetero) is 1. The number of aliphatic hydroxyl groups is 1. The molecule has 4 atom stereocenters. The predicted molar refractivity (Wildman–Crippen MR) is 138 cm³/mol. The first-order valence-electron chi connectivity index (χ1n) is 13.7. The third-order valence-electron chi connectivity index (χ3n) is 8.98. The van der Waals surface area contributed by atoms with Crippen molar-refractivity contribution in [2.24, 2.45) is 0 Å². The molecular formula is C30H39NO5. The first-order valence-corrected chi connectivity index (χ1v) is 13.7. The molecule has 5 rings (SSSR count). The van der Waals surface area contributed by atoms with Gasteiger partial charge in [-0.1, -0.05) is 43.9 Å². The Bertz CT molecular complexity index is 1050. The number of ether oxygens (including phenoxy) is 2. The molecule has 0 amide bonds. The average Bonchev–Trinajstić information content (AvgIpc) is 3.22. The SMILES string of the molecule is C=CCCCCCCCCC(=O)Oc1ccc2c3c1O[C@H]1C(=O)CC[C@@]4(O)[C@@H](C2)N(CC=C)CC[C@]314. The van der Waals surface area contributed by atoms with Gasteiger partial charge >= 0.3 is 5.97 Å². The van der Waals surface area contributed by atoms with Crippen molar-refractivity contribution in [1.82, 2.24) is 4.90 Å². The van der Waals surface area contributed by atoms with Crippen LogP contribution in [0.5, 0.6) is 11.5 Å². The van der Waals surface area contributed by atoms with E-state index < -0.39 is 17.1 Å². The zero-order valence-corrected chi connectivity index (χ0v) is 21.3. The van der Waals surface area contributed by atoms with E-state index in [-0.39, 0.29) is 17.8 Å². The van der Waals surface area contributed by atoms with Crippen LogP contribution in [0.1, 0.15) is 81.8 Å². The van der Waals surface area contributed by atoms with E-state index in [0.29, 0.717) is 50.1 Å². The van der Waals surface area contributed by atoms with Gasteiger partial charge < -0.3 is 14.6 Å². The number of carbonyl (C=O) groups excluding carboxylic acids is 2. The van der Waals surface area contributed by atoms with Gasteiger partial charge in [0.1, 0.15) is 0 Å². The number of nitrogens with zero attached hydrogens (tertiary/aromatic N) is 1. The van der Waals surface area contributed by atoms with Crippen LogP contribution in [0.15, 0.2) is 37.4 Å². The van der Waals surface area contributed by atoms with E-state index in [1.807, 2.05) is 24.3 Å². The average molecular weight is 494 g/mol. The number of likely N-dealkylation sites (tertiary alicyclic amines) is 1. The molecule has 1 saturated carbocycles. The molecule has 6 heteroatoms. The number of ketones is 1. The van der Waals surface area contributed by atoms with Gasteiger partial charge in [-0.3, -0.25) is 14.5 Å². The molecule has 1 aromatic carbocycles. The van der Waals surface area contributed by atoms with Gasteiger partial charge in [0.05, 0.1) is 11.0 Å². The van der Waals surface area contributed by atoms with E-state index >= 15 is 0 Å². The second-order valence-corrected chi connectivity index (χ2v) is 11.0. The van der Waals surface area contributed by atoms with Gasteiger partial charge in [0.2, 0.25) is 0 Å². The molecular weight excluding hydrogens is 454 g/mol. The van der Waals surface area contributed by atoms with E-state index in [4.69, 9.17) is 9.47 Å². The quantitative estimate of drug-likeness (QED) is 0.195. The molecule has 2 fully saturated rings. The fourth-order valence-corrected chi connectivity index (χ4v) is 7.31. The summed E-state index contributed by atoms with van der Waals surface area (Å²) in [5.74, 6) is 0.640. The number of esters is 1. The van der Waals surface area contributed by atoms with Crippen LogP contribution < -0.4 is 9.47 Å². The summed E-state index contributed by atoms with van der Waals surface area (Å²) in [6.07, 6.45) is 13.1. The highest BCUT2D eigenvalue weighted by molar-refractivity contribution is 5.90. The Hall–Kier alpha value is -2.44. The Morgan fingerprint density at radius 3 is 2.69 bits per heavy atom. The number of rotatable bonds is 12. The standard InChI is InChI=1S/C30H39NO5/c1-3-5-6-7-8-9-10-11-12-25(33)35-23-14-13-21-20-24-30(34)16-15-22(32)28-29(30,26(21)27(23)36-28)17-19-31(24)18-4-2/h3-4,13-14,24,28,34H,1-2,5-12,15-20H2/t24-,28+,29+,30-/m1/s1. The van der Waals surface area contributed by atoms with Gasteiger partial charge in [-0.25, -0.2) is 0 Å². The van der Waals surface area contributed by atoms with Gasteiger partial charge in [-0.05, 0) is 50.2 Å². The van der Waals surface area contributed by atoms with Crippen LogP contribution in [0.25, 0.3) is 0 Å². The van der Waals surface area contributed by atoms with Crippen LogP contribution in [0.2, 0.25) is 0 Å². The van der Waals surface area contributed by atoms with Crippen LogP contribution in [0, 0.1) is 0 Å². The number of allylic oxidation sites excluding steroid dienone is 1. The molecule has 2 aliphatic carbocycles. The van der Waals surface area contributed by atoms with Crippen LogP contribution in [0.4, 0.5) is 0 Å². The maximum atomic E-state index is 13.1. The topological polar surface area (TPSA) is 76.1 Å². The summed E-state index contributed by atoms with van der Waals surface area (Å²) >= 11 is 0. The van der Waals surface area contributed by atoms with E-state index in [1.165, 1.54) is 19.3 Å². The number of unbranched alkanes of at least 4 members (excludes halogenated alkanes) is 6. The summed E-state index contributed by atoms with van der Waals surface area (Å²) in [6.45, 7) is 9.12. The fraction of sp³-hybridized carbons (Fsp3) is 0.600. The lowest BCUT2D eigenvalue weighted by atomic mass is 9.49. The van der Waals surface area contributed by atoms with Gasteiger partial charge in [0, 0.05) is 37.5 Å². The molecule has 194 valence electrons. The van der Waals surface area contributed by atoms with Crippen molar-refractivity contribution >= 4 is 11.8 Å². The van der Waals surface area contributed by atoms with Crippen molar-refractivity contribution in [3.63, 3.8) is 0 Å². The van der Waals surface area contributed by atoms with Crippen molar-refractivity contribution in [2.75, 3.05) is 13.1 Å². The molecule has 0 unspecified atom stereocenters. The number of hydrogen-bond donors (Lipinski definition) is 1. The van der Waals surface area contributed by atoms with Crippen molar-refractivity contribution in [3.8, 4) is 11.5 Å². The van der Waals surface area contributed by atoms with Crippen LogP contribution >= 0.6 is 0 Å². The first-order chi connectivity index (χ1) is 17.5. The molecule has 1 aromatic rings. The summed E-state index contributed by atoms with van der Waals surface area (Å²) in [5, 5.41) is 12.2. The van der Waals surface area contributed by atoms with Crippen molar-refractivity contribution in [1.29, 1.82) is 0 Å². The molecule has 1 N–H and O–H groups in total. The van der Waals surface area contributed by atoms with Crippen LogP contribution in [-0.2, 0) is 21.4 Å². The Balaban J connectivity index is 1.33. The Kier molecular flexibility index (Phi) is 7.10. The highest BCUT2D eigenvalue weighted by Crippen LogP contribution is 2.64. The lowest BCUT2D eigenvalue weighted by Crippen LogP contribution is -2.76.